The summed E-state index contributed by atoms with van der Waals surface area (Å²) in [5.41, 5.74) is 2.22. The third-order valence-corrected chi connectivity index (χ3v) is 4.44. The molecule has 0 aliphatic heterocycles. The van der Waals surface area contributed by atoms with Crippen LogP contribution in [0.25, 0.3) is 0 Å². The third kappa shape index (κ3) is 5.31. The van der Waals surface area contributed by atoms with E-state index in [0.29, 0.717) is 17.1 Å². The Morgan fingerprint density at radius 3 is 1.82 bits per heavy atom. The fourth-order valence-electron chi connectivity index (χ4n) is 3.01. The fraction of sp³-hybridized carbons (Fsp3) is 0.588. The number of aryl methyl sites for hydroxylation is 2. The molecule has 1 atom stereocenters. The van der Waals surface area contributed by atoms with Gasteiger partial charge in [-0.2, -0.15) is 0 Å². The maximum absolute atomic E-state index is 11.5. The topological polar surface area (TPSA) is 35.5 Å². The summed E-state index contributed by atoms with van der Waals surface area (Å²) in [6.07, 6.45) is 7.44. The first-order valence-electron chi connectivity index (χ1n) is 7.94. The monoisotopic (exact) mass is 316 g/mol. The molecule has 5 heteroatoms. The number of rotatable bonds is 3. The van der Waals surface area contributed by atoms with Crippen molar-refractivity contribution in [2.75, 3.05) is 14.2 Å². The molecule has 0 aromatic heterocycles. The van der Waals surface area contributed by atoms with Crippen LogP contribution in [0.1, 0.15) is 53.6 Å². The van der Waals surface area contributed by atoms with Crippen LogP contribution in [0, 0.1) is 13.8 Å². The zero-order valence-corrected chi connectivity index (χ0v) is 15.6. The van der Waals surface area contributed by atoms with E-state index in [-0.39, 0.29) is 5.52 Å². The van der Waals surface area contributed by atoms with Crippen LogP contribution in [0.2, 0.25) is 4.59 Å². The molecule has 1 aliphatic rings. The van der Waals surface area contributed by atoms with Crippen molar-refractivity contribution >= 4 is 32.5 Å². The average Bonchev–Trinajstić information content (AvgIpc) is 2.48. The first kappa shape index (κ1) is 19.6. The van der Waals surface area contributed by atoms with E-state index < -0.39 is 0 Å². The van der Waals surface area contributed by atoms with Crippen LogP contribution in [-0.4, -0.2) is 37.5 Å². The second kappa shape index (κ2) is 9.61. The molecule has 1 saturated carbocycles. The molecule has 1 fully saturated rings. The molecule has 1 aliphatic carbocycles. The summed E-state index contributed by atoms with van der Waals surface area (Å²) in [5.74, 6) is 1.16. The molecule has 1 aromatic rings. The Balaban J connectivity index is 0.000000287. The number of methoxy groups -OCH3 is 2. The minimum atomic E-state index is -0.129. The van der Waals surface area contributed by atoms with Crippen molar-refractivity contribution in [2.45, 2.75) is 50.5 Å². The standard InChI is InChI=1S/C11H15O3P.C6H11.Li/c1-6-5-7(2)10(14-4)8(11(12)15)9(6)13-3;1-2-4-6-5-3-1;/h5H,15H2,1-4H3;1H,2-6H2;. The van der Waals surface area contributed by atoms with Gasteiger partial charge in [0, 0.05) is 0 Å². The van der Waals surface area contributed by atoms with Crippen LogP contribution in [0.5, 0.6) is 11.5 Å². The molecule has 0 amide bonds. The van der Waals surface area contributed by atoms with Crippen LogP contribution < -0.4 is 9.47 Å². The fourth-order valence-corrected chi connectivity index (χ4v) is 3.27. The summed E-state index contributed by atoms with van der Waals surface area (Å²) < 4.78 is 11.5. The Morgan fingerprint density at radius 1 is 1.09 bits per heavy atom. The minimum absolute atomic E-state index is 0.129. The van der Waals surface area contributed by atoms with E-state index in [1.54, 1.807) is 14.2 Å². The van der Waals surface area contributed by atoms with Gasteiger partial charge in [0.2, 0.25) is 0 Å². The SMILES string of the molecule is COc1c(C)cc(C)c(OC)c1C(=O)P.[Li][CH]1CCCCC1. The number of carbonyl (C=O) groups excluding carboxylic acids is 1. The van der Waals surface area contributed by atoms with Crippen molar-refractivity contribution in [1.82, 2.24) is 0 Å². The number of hydrogen-bond acceptors (Lipinski definition) is 3. The summed E-state index contributed by atoms with van der Waals surface area (Å²) in [6.45, 7) is 3.81. The van der Waals surface area contributed by atoms with Crippen molar-refractivity contribution in [3.05, 3.63) is 22.8 Å². The summed E-state index contributed by atoms with van der Waals surface area (Å²) in [6, 6.07) is 1.94. The predicted octanol–water partition coefficient (Wildman–Crippen LogP) is 4.24. The van der Waals surface area contributed by atoms with Crippen LogP contribution >= 0.6 is 9.24 Å². The third-order valence-electron chi connectivity index (χ3n) is 4.15. The van der Waals surface area contributed by atoms with E-state index in [9.17, 15) is 4.79 Å². The second-order valence-corrected chi connectivity index (χ2v) is 6.58. The zero-order chi connectivity index (χ0) is 16.7. The van der Waals surface area contributed by atoms with Gasteiger partial charge in [-0.1, -0.05) is 9.24 Å². The summed E-state index contributed by atoms with van der Waals surface area (Å²) >= 11 is 2.36. The molecule has 0 N–H and O–H groups in total. The van der Waals surface area contributed by atoms with Crippen molar-refractivity contribution in [1.29, 1.82) is 0 Å². The van der Waals surface area contributed by atoms with E-state index in [1.165, 1.54) is 32.1 Å². The van der Waals surface area contributed by atoms with E-state index in [4.69, 9.17) is 9.47 Å². The molecule has 0 heterocycles. The van der Waals surface area contributed by atoms with Crippen molar-refractivity contribution in [3.63, 3.8) is 0 Å². The van der Waals surface area contributed by atoms with Crippen LogP contribution in [0.3, 0.4) is 0 Å². The molecule has 0 radical (unpaired) electrons. The van der Waals surface area contributed by atoms with Gasteiger partial charge in [-0.15, -0.1) is 0 Å². The molecular formula is C17H26LiO3P. The van der Waals surface area contributed by atoms with Crippen molar-refractivity contribution < 1.29 is 14.3 Å². The van der Waals surface area contributed by atoms with Crippen molar-refractivity contribution in [2.24, 2.45) is 0 Å². The van der Waals surface area contributed by atoms with Gasteiger partial charge < -0.3 is 9.47 Å². The van der Waals surface area contributed by atoms with Gasteiger partial charge in [-0.25, -0.2) is 0 Å². The molecule has 3 nitrogen and oxygen atoms in total. The van der Waals surface area contributed by atoms with Gasteiger partial charge >= 0.3 is 54.4 Å². The molecule has 1 unspecified atom stereocenters. The Kier molecular flexibility index (Phi) is 8.55. The van der Waals surface area contributed by atoms with Crippen LogP contribution in [0.15, 0.2) is 6.07 Å². The quantitative estimate of drug-likeness (QED) is 0.618. The van der Waals surface area contributed by atoms with Gasteiger partial charge in [-0.05, 0) is 31.0 Å². The first-order valence-corrected chi connectivity index (χ1v) is 8.52. The Labute approximate surface area is 145 Å². The molecule has 0 spiro atoms. The number of hydrogen-bond donors (Lipinski definition) is 0. The molecule has 118 valence electrons. The molecule has 1 aromatic carbocycles. The van der Waals surface area contributed by atoms with Gasteiger partial charge in [-0.3, -0.25) is 4.79 Å². The van der Waals surface area contributed by atoms with Gasteiger partial charge in [0.05, 0.1) is 14.2 Å². The number of benzene rings is 1. The van der Waals surface area contributed by atoms with E-state index in [0.717, 1.165) is 15.7 Å². The van der Waals surface area contributed by atoms with Crippen LogP contribution in [-0.2, 0) is 0 Å². The molecule has 22 heavy (non-hydrogen) atoms. The normalized spacial score (nSPS) is 14.9. The Morgan fingerprint density at radius 2 is 1.55 bits per heavy atom. The van der Waals surface area contributed by atoms with E-state index in [2.05, 4.69) is 27.0 Å². The Bertz CT molecular complexity index is 483. The van der Waals surface area contributed by atoms with E-state index >= 15 is 0 Å². The molecular weight excluding hydrogens is 290 g/mol. The van der Waals surface area contributed by atoms with Crippen molar-refractivity contribution in [3.8, 4) is 11.5 Å². The summed E-state index contributed by atoms with van der Waals surface area (Å²) in [4.78, 5) is 11.5. The van der Waals surface area contributed by atoms with E-state index in [1.807, 2.05) is 19.9 Å². The predicted molar refractivity (Wildman–Crippen MR) is 95.6 cm³/mol. The van der Waals surface area contributed by atoms with Gasteiger partial charge in [0.15, 0.2) is 5.52 Å². The molecule has 0 saturated heterocycles. The molecule has 0 bridgehead atoms. The average molecular weight is 316 g/mol. The number of carbonyl (C=O) groups is 1. The Hall–Kier alpha value is -0.483. The van der Waals surface area contributed by atoms with Gasteiger partial charge in [0.1, 0.15) is 17.1 Å². The zero-order valence-electron chi connectivity index (χ0n) is 14.5. The number of ether oxygens (including phenoxy) is 2. The summed E-state index contributed by atoms with van der Waals surface area (Å²) in [5, 5.41) is 0. The second-order valence-electron chi connectivity index (χ2n) is 6.06. The van der Waals surface area contributed by atoms with Gasteiger partial charge in [0.25, 0.3) is 0 Å². The summed E-state index contributed by atoms with van der Waals surface area (Å²) in [7, 11) is 5.24. The van der Waals surface area contributed by atoms with Crippen LogP contribution in [0.4, 0.5) is 0 Å². The maximum atomic E-state index is 11.5. The first-order chi connectivity index (χ1) is 10.4. The molecule has 2 rings (SSSR count).